The lowest BCUT2D eigenvalue weighted by Crippen LogP contribution is -2.38. The number of anilines is 2. The van der Waals surface area contributed by atoms with Crippen LogP contribution in [0.5, 0.6) is 5.75 Å². The summed E-state index contributed by atoms with van der Waals surface area (Å²) in [5.41, 5.74) is 2.19. The number of amides is 1. The standard InChI is InChI=1S/C21H25N7O2/c1-30-17-11-19-23-13-16(28(19)26-21(17)27-10-4-8-20(27)29)15-6-2-7-18(25-15)24-14-5-3-9-22-12-14/h2,6-7,11,13-14,22H,3-5,8-10,12H2,1H3,(H,24,25). The second-order valence-electron chi connectivity index (χ2n) is 7.69. The van der Waals surface area contributed by atoms with Crippen molar-refractivity contribution in [1.29, 1.82) is 0 Å². The third kappa shape index (κ3) is 3.45. The minimum Gasteiger partial charge on any atom is -0.493 e. The zero-order valence-electron chi connectivity index (χ0n) is 17.0. The molecule has 0 radical (unpaired) electrons. The minimum atomic E-state index is 0.0622. The molecule has 156 valence electrons. The summed E-state index contributed by atoms with van der Waals surface area (Å²) in [7, 11) is 1.58. The van der Waals surface area contributed by atoms with E-state index in [1.54, 1.807) is 22.7 Å². The van der Waals surface area contributed by atoms with E-state index < -0.39 is 0 Å². The van der Waals surface area contributed by atoms with Gasteiger partial charge in [-0.25, -0.2) is 14.5 Å². The van der Waals surface area contributed by atoms with Crippen LogP contribution in [0, 0.1) is 0 Å². The third-order valence-electron chi connectivity index (χ3n) is 5.65. The van der Waals surface area contributed by atoms with Gasteiger partial charge in [0.2, 0.25) is 5.91 Å². The number of pyridine rings is 1. The Morgan fingerprint density at radius 2 is 2.23 bits per heavy atom. The summed E-state index contributed by atoms with van der Waals surface area (Å²) in [4.78, 5) is 23.2. The summed E-state index contributed by atoms with van der Waals surface area (Å²) in [6, 6.07) is 8.09. The number of imidazole rings is 1. The van der Waals surface area contributed by atoms with E-state index in [9.17, 15) is 4.79 Å². The molecule has 3 aromatic heterocycles. The van der Waals surface area contributed by atoms with Crippen molar-refractivity contribution in [1.82, 2.24) is 24.9 Å². The average molecular weight is 407 g/mol. The van der Waals surface area contributed by atoms with Crippen molar-refractivity contribution in [3.05, 3.63) is 30.5 Å². The second kappa shape index (κ2) is 7.91. The SMILES string of the molecule is COc1cc2ncc(-c3cccc(NC4CCCNC4)n3)n2nc1N1CCCC1=O. The molecule has 2 fully saturated rings. The summed E-state index contributed by atoms with van der Waals surface area (Å²) < 4.78 is 7.23. The Hall–Kier alpha value is -3.20. The van der Waals surface area contributed by atoms with Crippen LogP contribution in [0.25, 0.3) is 17.0 Å². The van der Waals surface area contributed by atoms with Crippen LogP contribution in [0.1, 0.15) is 25.7 Å². The van der Waals surface area contributed by atoms with Crippen LogP contribution in [-0.4, -0.2) is 58.3 Å². The molecular formula is C21H25N7O2. The molecule has 2 aliphatic heterocycles. The Bertz CT molecular complexity index is 1070. The molecule has 0 spiro atoms. The number of aromatic nitrogens is 4. The fraction of sp³-hybridized carbons (Fsp3) is 0.429. The Morgan fingerprint density at radius 3 is 3.00 bits per heavy atom. The van der Waals surface area contributed by atoms with E-state index in [0.29, 0.717) is 36.2 Å². The summed E-state index contributed by atoms with van der Waals surface area (Å²) in [6.45, 7) is 2.66. The maximum atomic E-state index is 12.3. The van der Waals surface area contributed by atoms with E-state index in [1.807, 2.05) is 24.3 Å². The lowest BCUT2D eigenvalue weighted by molar-refractivity contribution is -0.117. The second-order valence-corrected chi connectivity index (χ2v) is 7.69. The fourth-order valence-corrected chi connectivity index (χ4v) is 4.12. The van der Waals surface area contributed by atoms with Gasteiger partial charge in [0.15, 0.2) is 17.2 Å². The zero-order valence-corrected chi connectivity index (χ0v) is 17.0. The molecule has 9 heteroatoms. The van der Waals surface area contributed by atoms with Crippen molar-refractivity contribution >= 4 is 23.2 Å². The molecule has 0 saturated carbocycles. The van der Waals surface area contributed by atoms with Crippen molar-refractivity contribution in [3.8, 4) is 17.1 Å². The van der Waals surface area contributed by atoms with Crippen LogP contribution < -0.4 is 20.3 Å². The van der Waals surface area contributed by atoms with Gasteiger partial charge in [-0.2, -0.15) is 0 Å². The van der Waals surface area contributed by atoms with Gasteiger partial charge in [-0.3, -0.25) is 9.69 Å². The summed E-state index contributed by atoms with van der Waals surface area (Å²) >= 11 is 0. The van der Waals surface area contributed by atoms with Gasteiger partial charge in [0, 0.05) is 31.6 Å². The van der Waals surface area contributed by atoms with Crippen molar-refractivity contribution in [3.63, 3.8) is 0 Å². The van der Waals surface area contributed by atoms with E-state index in [2.05, 4.69) is 15.6 Å². The van der Waals surface area contributed by atoms with Crippen LogP contribution in [-0.2, 0) is 4.79 Å². The first-order chi connectivity index (χ1) is 14.7. The molecule has 1 amide bonds. The molecule has 1 unspecified atom stereocenters. The van der Waals surface area contributed by atoms with Gasteiger partial charge in [-0.1, -0.05) is 6.07 Å². The monoisotopic (exact) mass is 407 g/mol. The van der Waals surface area contributed by atoms with Crippen molar-refractivity contribution in [2.75, 3.05) is 37.0 Å². The molecule has 1 atom stereocenters. The minimum absolute atomic E-state index is 0.0622. The Morgan fingerprint density at radius 1 is 1.30 bits per heavy atom. The molecule has 2 saturated heterocycles. The number of hydrogen-bond donors (Lipinski definition) is 2. The number of nitrogens with zero attached hydrogens (tertiary/aromatic N) is 5. The number of hydrogen-bond acceptors (Lipinski definition) is 7. The highest BCUT2D eigenvalue weighted by Crippen LogP contribution is 2.31. The van der Waals surface area contributed by atoms with Gasteiger partial charge >= 0.3 is 0 Å². The van der Waals surface area contributed by atoms with Gasteiger partial charge < -0.3 is 15.4 Å². The molecule has 30 heavy (non-hydrogen) atoms. The number of nitrogens with one attached hydrogen (secondary N) is 2. The van der Waals surface area contributed by atoms with Crippen LogP contribution in [0.4, 0.5) is 11.6 Å². The summed E-state index contributed by atoms with van der Waals surface area (Å²) in [5.74, 6) is 1.96. The summed E-state index contributed by atoms with van der Waals surface area (Å²) in [5, 5.41) is 11.6. The molecule has 2 N–H and O–H groups in total. The maximum absolute atomic E-state index is 12.3. The Labute approximate surface area is 174 Å². The molecular weight excluding hydrogens is 382 g/mol. The lowest BCUT2D eigenvalue weighted by Gasteiger charge is -2.24. The van der Waals surface area contributed by atoms with Crippen molar-refractivity contribution < 1.29 is 9.53 Å². The number of carbonyl (C=O) groups is 1. The first kappa shape index (κ1) is 18.8. The number of methoxy groups -OCH3 is 1. The molecule has 0 bridgehead atoms. The molecule has 9 nitrogen and oxygen atoms in total. The zero-order chi connectivity index (χ0) is 20.5. The number of piperidine rings is 1. The average Bonchev–Trinajstić information content (AvgIpc) is 3.39. The number of rotatable bonds is 5. The van der Waals surface area contributed by atoms with Gasteiger partial charge in [-0.15, -0.1) is 5.10 Å². The Kier molecular flexibility index (Phi) is 4.96. The normalized spacial score (nSPS) is 19.4. The molecule has 3 aromatic rings. The van der Waals surface area contributed by atoms with Crippen LogP contribution >= 0.6 is 0 Å². The van der Waals surface area contributed by atoms with E-state index in [1.165, 1.54) is 0 Å². The number of fused-ring (bicyclic) bond motifs is 1. The quantitative estimate of drug-likeness (QED) is 0.668. The van der Waals surface area contributed by atoms with E-state index in [4.69, 9.17) is 14.8 Å². The summed E-state index contributed by atoms with van der Waals surface area (Å²) in [6.07, 6.45) is 5.40. The van der Waals surface area contributed by atoms with Crippen LogP contribution in [0.15, 0.2) is 30.5 Å². The largest absolute Gasteiger partial charge is 0.493 e. The predicted molar refractivity (Wildman–Crippen MR) is 114 cm³/mol. The molecule has 5 heterocycles. The molecule has 5 rings (SSSR count). The molecule has 2 aliphatic rings. The van der Waals surface area contributed by atoms with Gasteiger partial charge in [0.05, 0.1) is 19.0 Å². The van der Waals surface area contributed by atoms with Crippen molar-refractivity contribution in [2.45, 2.75) is 31.7 Å². The maximum Gasteiger partial charge on any atom is 0.228 e. The smallest absolute Gasteiger partial charge is 0.228 e. The van der Waals surface area contributed by atoms with Crippen LogP contribution in [0.2, 0.25) is 0 Å². The van der Waals surface area contributed by atoms with E-state index in [-0.39, 0.29) is 5.91 Å². The highest BCUT2D eigenvalue weighted by atomic mass is 16.5. The van der Waals surface area contributed by atoms with Crippen LogP contribution in [0.3, 0.4) is 0 Å². The molecule has 0 aromatic carbocycles. The van der Waals surface area contributed by atoms with Gasteiger partial charge in [-0.05, 0) is 37.9 Å². The van der Waals surface area contributed by atoms with Gasteiger partial charge in [0.1, 0.15) is 11.5 Å². The fourth-order valence-electron chi connectivity index (χ4n) is 4.12. The van der Waals surface area contributed by atoms with Gasteiger partial charge in [0.25, 0.3) is 0 Å². The lowest BCUT2D eigenvalue weighted by atomic mass is 10.1. The molecule has 0 aliphatic carbocycles. The highest BCUT2D eigenvalue weighted by molar-refractivity contribution is 5.95. The third-order valence-corrected chi connectivity index (χ3v) is 5.65. The van der Waals surface area contributed by atoms with Crippen molar-refractivity contribution in [2.24, 2.45) is 0 Å². The number of ether oxygens (including phenoxy) is 1. The first-order valence-corrected chi connectivity index (χ1v) is 10.4. The van der Waals surface area contributed by atoms with E-state index in [0.717, 1.165) is 49.6 Å². The topological polar surface area (TPSA) is 96.7 Å². The Balaban J connectivity index is 1.51. The first-order valence-electron chi connectivity index (χ1n) is 10.4. The predicted octanol–water partition coefficient (Wildman–Crippen LogP) is 2.09. The highest BCUT2D eigenvalue weighted by Gasteiger charge is 2.27. The van der Waals surface area contributed by atoms with E-state index >= 15 is 0 Å². The number of carbonyl (C=O) groups excluding carboxylic acids is 1.